The SMILES string of the molecule is Cn1cc(C(=O)N/N=C/c2cccc([N+](=O)[O-])c2)ccc1=O. The molecule has 0 bridgehead atoms. The lowest BCUT2D eigenvalue weighted by Crippen LogP contribution is -2.22. The molecule has 0 aliphatic heterocycles. The number of benzene rings is 1. The minimum atomic E-state index is -0.513. The van der Waals surface area contributed by atoms with Gasteiger partial charge in [0.1, 0.15) is 0 Å². The predicted molar refractivity (Wildman–Crippen MR) is 79.8 cm³/mol. The molecule has 0 aliphatic carbocycles. The number of nitrogens with zero attached hydrogens (tertiary/aromatic N) is 3. The monoisotopic (exact) mass is 300 g/mol. The molecule has 0 fully saturated rings. The third-order valence-electron chi connectivity index (χ3n) is 2.81. The Hall–Kier alpha value is -3.29. The molecule has 2 aromatic rings. The summed E-state index contributed by atoms with van der Waals surface area (Å²) in [7, 11) is 1.53. The number of hydrogen-bond acceptors (Lipinski definition) is 5. The van der Waals surface area contributed by atoms with E-state index in [0.717, 1.165) is 0 Å². The molecule has 0 unspecified atom stereocenters. The number of carbonyl (C=O) groups excluding carboxylic acids is 1. The Bertz CT molecular complexity index is 810. The molecular formula is C14H12N4O4. The van der Waals surface area contributed by atoms with Crippen molar-refractivity contribution in [2.24, 2.45) is 12.1 Å². The van der Waals surface area contributed by atoms with Gasteiger partial charge in [-0.2, -0.15) is 5.10 Å². The van der Waals surface area contributed by atoms with Gasteiger partial charge in [0.25, 0.3) is 11.6 Å². The number of non-ortho nitro benzene ring substituents is 1. The maximum Gasteiger partial charge on any atom is 0.272 e. The highest BCUT2D eigenvalue weighted by Crippen LogP contribution is 2.11. The fourth-order valence-electron chi connectivity index (χ4n) is 1.68. The normalized spacial score (nSPS) is 10.6. The van der Waals surface area contributed by atoms with Crippen LogP contribution in [0.2, 0.25) is 0 Å². The van der Waals surface area contributed by atoms with Crippen LogP contribution in [0.1, 0.15) is 15.9 Å². The van der Waals surface area contributed by atoms with Crippen LogP contribution in [0.5, 0.6) is 0 Å². The highest BCUT2D eigenvalue weighted by atomic mass is 16.6. The maximum absolute atomic E-state index is 11.8. The van der Waals surface area contributed by atoms with Crippen LogP contribution in [0.25, 0.3) is 0 Å². The van der Waals surface area contributed by atoms with E-state index in [1.807, 2.05) is 0 Å². The van der Waals surface area contributed by atoms with E-state index in [9.17, 15) is 19.7 Å². The van der Waals surface area contributed by atoms with Crippen LogP contribution < -0.4 is 11.0 Å². The molecule has 1 aromatic carbocycles. The average Bonchev–Trinajstić information content (AvgIpc) is 2.50. The van der Waals surface area contributed by atoms with Crippen LogP contribution in [0.4, 0.5) is 5.69 Å². The summed E-state index contributed by atoms with van der Waals surface area (Å²) in [5.74, 6) is -0.489. The van der Waals surface area contributed by atoms with Gasteiger partial charge in [0.05, 0.1) is 16.7 Å². The molecule has 0 spiro atoms. The summed E-state index contributed by atoms with van der Waals surface area (Å²) < 4.78 is 1.28. The summed E-state index contributed by atoms with van der Waals surface area (Å²) >= 11 is 0. The summed E-state index contributed by atoms with van der Waals surface area (Å²) in [5.41, 5.74) is 2.76. The molecule has 112 valence electrons. The zero-order valence-corrected chi connectivity index (χ0v) is 11.6. The van der Waals surface area contributed by atoms with Crippen molar-refractivity contribution < 1.29 is 9.72 Å². The van der Waals surface area contributed by atoms with E-state index in [-0.39, 0.29) is 16.8 Å². The molecule has 8 heteroatoms. The number of rotatable bonds is 4. The molecule has 8 nitrogen and oxygen atoms in total. The first kappa shape index (κ1) is 15.1. The van der Waals surface area contributed by atoms with Crippen molar-refractivity contribution in [3.63, 3.8) is 0 Å². The van der Waals surface area contributed by atoms with Crippen molar-refractivity contribution in [2.75, 3.05) is 0 Å². The van der Waals surface area contributed by atoms with Gasteiger partial charge in [-0.05, 0) is 6.07 Å². The lowest BCUT2D eigenvalue weighted by atomic mass is 10.2. The summed E-state index contributed by atoms with van der Waals surface area (Å²) in [6, 6.07) is 8.51. The summed E-state index contributed by atoms with van der Waals surface area (Å²) in [6.45, 7) is 0. The maximum atomic E-state index is 11.8. The number of nitrogens with one attached hydrogen (secondary N) is 1. The molecule has 1 heterocycles. The van der Waals surface area contributed by atoms with Crippen LogP contribution >= 0.6 is 0 Å². The van der Waals surface area contributed by atoms with Gasteiger partial charge in [0.15, 0.2) is 0 Å². The van der Waals surface area contributed by atoms with E-state index in [2.05, 4.69) is 10.5 Å². The topological polar surface area (TPSA) is 107 Å². The third-order valence-corrected chi connectivity index (χ3v) is 2.81. The number of aryl methyl sites for hydroxylation is 1. The molecular weight excluding hydrogens is 288 g/mol. The number of carbonyl (C=O) groups is 1. The molecule has 0 saturated carbocycles. The molecule has 22 heavy (non-hydrogen) atoms. The van der Waals surface area contributed by atoms with E-state index >= 15 is 0 Å². The number of pyridine rings is 1. The molecule has 1 N–H and O–H groups in total. The van der Waals surface area contributed by atoms with Gasteiger partial charge in [0.2, 0.25) is 5.56 Å². The van der Waals surface area contributed by atoms with Crippen molar-refractivity contribution >= 4 is 17.8 Å². The average molecular weight is 300 g/mol. The second-order valence-corrected chi connectivity index (χ2v) is 4.42. The van der Waals surface area contributed by atoms with Crippen molar-refractivity contribution in [3.8, 4) is 0 Å². The van der Waals surface area contributed by atoms with E-state index in [1.165, 1.54) is 54.4 Å². The Morgan fingerprint density at radius 3 is 2.82 bits per heavy atom. The van der Waals surface area contributed by atoms with Crippen molar-refractivity contribution in [3.05, 3.63) is 74.2 Å². The Morgan fingerprint density at radius 2 is 2.14 bits per heavy atom. The van der Waals surface area contributed by atoms with Gasteiger partial charge in [-0.1, -0.05) is 12.1 Å². The lowest BCUT2D eigenvalue weighted by molar-refractivity contribution is -0.384. The summed E-state index contributed by atoms with van der Waals surface area (Å²) in [6.07, 6.45) is 2.69. The zero-order chi connectivity index (χ0) is 16.1. The zero-order valence-electron chi connectivity index (χ0n) is 11.6. The molecule has 2 rings (SSSR count). The molecule has 0 radical (unpaired) electrons. The van der Waals surface area contributed by atoms with Crippen LogP contribution in [0.15, 0.2) is 52.5 Å². The van der Waals surface area contributed by atoms with Crippen molar-refractivity contribution in [1.29, 1.82) is 0 Å². The fraction of sp³-hybridized carbons (Fsp3) is 0.0714. The first-order valence-electron chi connectivity index (χ1n) is 6.22. The molecule has 0 atom stereocenters. The summed E-state index contributed by atoms with van der Waals surface area (Å²) in [4.78, 5) is 33.2. The number of nitro groups is 1. The van der Waals surface area contributed by atoms with E-state index < -0.39 is 10.8 Å². The highest BCUT2D eigenvalue weighted by molar-refractivity contribution is 5.94. The fourth-order valence-corrected chi connectivity index (χ4v) is 1.68. The molecule has 1 aromatic heterocycles. The predicted octanol–water partition coefficient (Wildman–Crippen LogP) is 1.06. The Morgan fingerprint density at radius 1 is 1.36 bits per heavy atom. The van der Waals surface area contributed by atoms with Crippen LogP contribution in [0, 0.1) is 10.1 Å². The van der Waals surface area contributed by atoms with Gasteiger partial charge in [-0.15, -0.1) is 0 Å². The largest absolute Gasteiger partial charge is 0.318 e. The van der Waals surface area contributed by atoms with Crippen molar-refractivity contribution in [1.82, 2.24) is 9.99 Å². The van der Waals surface area contributed by atoms with Gasteiger partial charge in [-0.25, -0.2) is 5.43 Å². The van der Waals surface area contributed by atoms with E-state index in [1.54, 1.807) is 6.07 Å². The Kier molecular flexibility index (Phi) is 4.42. The number of hydrazone groups is 1. The van der Waals surface area contributed by atoms with E-state index in [0.29, 0.717) is 5.56 Å². The number of aromatic nitrogens is 1. The molecule has 0 saturated heterocycles. The highest BCUT2D eigenvalue weighted by Gasteiger charge is 2.06. The standard InChI is InChI=1S/C14H12N4O4/c1-17-9-11(5-6-13(17)19)14(20)16-15-8-10-3-2-4-12(7-10)18(21)22/h2-9H,1H3,(H,16,20)/b15-8+. The Balaban J connectivity index is 2.07. The van der Waals surface area contributed by atoms with Crippen molar-refractivity contribution in [2.45, 2.75) is 0 Å². The van der Waals surface area contributed by atoms with Gasteiger partial charge in [-0.3, -0.25) is 19.7 Å². The van der Waals surface area contributed by atoms with Crippen LogP contribution in [0.3, 0.4) is 0 Å². The first-order chi connectivity index (χ1) is 10.5. The minimum absolute atomic E-state index is 0.0617. The van der Waals surface area contributed by atoms with Gasteiger partial charge in [0, 0.05) is 37.0 Å². The van der Waals surface area contributed by atoms with Crippen LogP contribution in [-0.4, -0.2) is 21.6 Å². The number of amides is 1. The summed E-state index contributed by atoms with van der Waals surface area (Å²) in [5, 5.41) is 14.4. The molecule has 0 aliphatic rings. The van der Waals surface area contributed by atoms with E-state index in [4.69, 9.17) is 0 Å². The smallest absolute Gasteiger partial charge is 0.272 e. The van der Waals surface area contributed by atoms with Crippen LogP contribution in [-0.2, 0) is 7.05 Å². The Labute approximate surface area is 124 Å². The minimum Gasteiger partial charge on any atom is -0.318 e. The quantitative estimate of drug-likeness (QED) is 0.517. The third kappa shape index (κ3) is 3.63. The first-order valence-corrected chi connectivity index (χ1v) is 6.22. The number of hydrogen-bond donors (Lipinski definition) is 1. The van der Waals surface area contributed by atoms with Gasteiger partial charge >= 0.3 is 0 Å². The lowest BCUT2D eigenvalue weighted by Gasteiger charge is -2.01. The number of nitro benzene ring substituents is 1. The second-order valence-electron chi connectivity index (χ2n) is 4.42. The van der Waals surface area contributed by atoms with Gasteiger partial charge < -0.3 is 4.57 Å². The molecule has 1 amide bonds. The second kappa shape index (κ2) is 6.44.